The van der Waals surface area contributed by atoms with Gasteiger partial charge in [-0.1, -0.05) is 6.58 Å². The van der Waals surface area contributed by atoms with Crippen molar-refractivity contribution >= 4 is 18.2 Å². The van der Waals surface area contributed by atoms with Crippen LogP contribution in [0.15, 0.2) is 23.8 Å². The molecule has 1 rings (SSSR count). The van der Waals surface area contributed by atoms with Crippen molar-refractivity contribution in [2.75, 3.05) is 20.2 Å². The number of carbonyl (C=O) groups is 3. The van der Waals surface area contributed by atoms with Crippen molar-refractivity contribution in [3.8, 4) is 0 Å². The minimum Gasteiger partial charge on any atom is -0.461 e. The minimum atomic E-state index is -0.508. The van der Waals surface area contributed by atoms with Crippen LogP contribution in [0.1, 0.15) is 25.7 Å². The molecule has 0 bridgehead atoms. The van der Waals surface area contributed by atoms with E-state index >= 15 is 0 Å². The summed E-state index contributed by atoms with van der Waals surface area (Å²) >= 11 is 0. The number of ether oxygens (including phenoxy) is 1. The summed E-state index contributed by atoms with van der Waals surface area (Å²) in [4.78, 5) is 35.4. The molecule has 0 aromatic carbocycles. The van der Waals surface area contributed by atoms with Gasteiger partial charge in [0.1, 0.15) is 12.9 Å². The summed E-state index contributed by atoms with van der Waals surface area (Å²) < 4.78 is 4.82. The first kappa shape index (κ1) is 15.1. The van der Waals surface area contributed by atoms with Gasteiger partial charge in [0.15, 0.2) is 0 Å². The van der Waals surface area contributed by atoms with Crippen molar-refractivity contribution < 1.29 is 19.1 Å². The minimum absolute atomic E-state index is 0.122. The van der Waals surface area contributed by atoms with Gasteiger partial charge < -0.3 is 9.64 Å². The summed E-state index contributed by atoms with van der Waals surface area (Å²) in [5, 5.41) is 0. The largest absolute Gasteiger partial charge is 0.461 e. The maximum atomic E-state index is 12.2. The number of aldehydes is 1. The molecule has 0 N–H and O–H groups in total. The third-order valence-corrected chi connectivity index (χ3v) is 3.10. The highest BCUT2D eigenvalue weighted by atomic mass is 16.5. The van der Waals surface area contributed by atoms with Gasteiger partial charge >= 0.3 is 5.97 Å². The number of esters is 1. The van der Waals surface area contributed by atoms with Gasteiger partial charge in [-0.05, 0) is 25.7 Å². The van der Waals surface area contributed by atoms with Crippen molar-refractivity contribution in [1.29, 1.82) is 0 Å². The van der Waals surface area contributed by atoms with Crippen LogP contribution in [0.4, 0.5) is 0 Å². The molecule has 0 spiro atoms. The summed E-state index contributed by atoms with van der Waals surface area (Å²) in [5.41, 5.74) is 1.20. The zero-order valence-corrected chi connectivity index (χ0v) is 11.2. The fourth-order valence-electron chi connectivity index (χ4n) is 1.98. The molecule has 0 atom stereocenters. The zero-order chi connectivity index (χ0) is 14.3. The van der Waals surface area contributed by atoms with Gasteiger partial charge in [0.2, 0.25) is 5.91 Å². The maximum absolute atomic E-state index is 12.2. The van der Waals surface area contributed by atoms with E-state index in [4.69, 9.17) is 4.74 Å². The van der Waals surface area contributed by atoms with Crippen molar-refractivity contribution in [2.45, 2.75) is 25.7 Å². The number of hydrogen-bond acceptors (Lipinski definition) is 4. The van der Waals surface area contributed by atoms with E-state index in [1.165, 1.54) is 4.90 Å². The molecule has 0 aliphatic heterocycles. The average molecular weight is 265 g/mol. The van der Waals surface area contributed by atoms with Gasteiger partial charge in [-0.2, -0.15) is 0 Å². The molecule has 0 heterocycles. The molecule has 0 aromatic heterocycles. The predicted molar refractivity (Wildman–Crippen MR) is 70.4 cm³/mol. The highest BCUT2D eigenvalue weighted by Gasteiger charge is 2.21. The maximum Gasteiger partial charge on any atom is 0.330 e. The van der Waals surface area contributed by atoms with Crippen LogP contribution in [0, 0.1) is 0 Å². The van der Waals surface area contributed by atoms with Crippen LogP contribution >= 0.6 is 0 Å². The van der Waals surface area contributed by atoms with E-state index in [-0.39, 0.29) is 12.5 Å². The van der Waals surface area contributed by atoms with E-state index in [2.05, 4.69) is 6.58 Å². The standard InChI is InChI=1S/C14H19NO4/c1-3-13(17)19-9-8-15(2)14(18)12-7-5-4-6-11(12)10-16/h3,10H,1,4-9H2,2H3. The molecule has 0 aromatic rings. The molecule has 0 saturated heterocycles. The second-order valence-electron chi connectivity index (χ2n) is 4.43. The first-order chi connectivity index (χ1) is 9.10. The van der Waals surface area contributed by atoms with Crippen molar-refractivity contribution in [3.63, 3.8) is 0 Å². The van der Waals surface area contributed by atoms with E-state index in [1.54, 1.807) is 7.05 Å². The number of likely N-dealkylation sites (N-methyl/N-ethyl adjacent to an activating group) is 1. The Kier molecular flexibility index (Phi) is 5.99. The number of allylic oxidation sites excluding steroid dienone is 1. The van der Waals surface area contributed by atoms with E-state index in [0.717, 1.165) is 25.2 Å². The van der Waals surface area contributed by atoms with Crippen LogP contribution in [-0.4, -0.2) is 43.3 Å². The predicted octanol–water partition coefficient (Wildman–Crippen LogP) is 1.24. The van der Waals surface area contributed by atoms with Crippen LogP contribution in [-0.2, 0) is 19.1 Å². The first-order valence-electron chi connectivity index (χ1n) is 6.32. The Morgan fingerprint density at radius 2 is 2.05 bits per heavy atom. The van der Waals surface area contributed by atoms with E-state index in [1.807, 2.05) is 0 Å². The highest BCUT2D eigenvalue weighted by Crippen LogP contribution is 2.24. The second kappa shape index (κ2) is 7.51. The van der Waals surface area contributed by atoms with Gasteiger partial charge in [-0.25, -0.2) is 4.79 Å². The van der Waals surface area contributed by atoms with Gasteiger partial charge in [0.25, 0.3) is 0 Å². The molecule has 1 amide bonds. The molecule has 0 fully saturated rings. The molecule has 0 saturated carbocycles. The second-order valence-corrected chi connectivity index (χ2v) is 4.43. The lowest BCUT2D eigenvalue weighted by Crippen LogP contribution is -2.33. The fraction of sp³-hybridized carbons (Fsp3) is 0.500. The first-order valence-corrected chi connectivity index (χ1v) is 6.32. The smallest absolute Gasteiger partial charge is 0.330 e. The molecule has 5 heteroatoms. The molecule has 19 heavy (non-hydrogen) atoms. The molecular formula is C14H19NO4. The van der Waals surface area contributed by atoms with Gasteiger partial charge in [0.05, 0.1) is 6.54 Å². The number of amides is 1. The van der Waals surface area contributed by atoms with Crippen LogP contribution < -0.4 is 0 Å². The lowest BCUT2D eigenvalue weighted by Gasteiger charge is -2.22. The Bertz CT molecular complexity index is 412. The van der Waals surface area contributed by atoms with Gasteiger partial charge in [-0.3, -0.25) is 9.59 Å². The summed E-state index contributed by atoms with van der Waals surface area (Å²) in [5.74, 6) is -0.664. The van der Waals surface area contributed by atoms with Crippen LogP contribution in [0.5, 0.6) is 0 Å². The molecule has 5 nitrogen and oxygen atoms in total. The van der Waals surface area contributed by atoms with Crippen LogP contribution in [0.3, 0.4) is 0 Å². The molecule has 1 aliphatic rings. The van der Waals surface area contributed by atoms with E-state index in [0.29, 0.717) is 30.5 Å². The SMILES string of the molecule is C=CC(=O)OCCN(C)C(=O)C1=C(C=O)CCCC1. The topological polar surface area (TPSA) is 63.7 Å². The lowest BCUT2D eigenvalue weighted by molar-refractivity contribution is -0.139. The third kappa shape index (κ3) is 4.35. The van der Waals surface area contributed by atoms with Gasteiger partial charge in [0, 0.05) is 24.3 Å². The van der Waals surface area contributed by atoms with Crippen LogP contribution in [0.25, 0.3) is 0 Å². The Morgan fingerprint density at radius 3 is 2.68 bits per heavy atom. The number of carbonyl (C=O) groups excluding carboxylic acids is 3. The molecule has 104 valence electrons. The Balaban J connectivity index is 2.56. The Labute approximate surface area is 112 Å². The quantitative estimate of drug-likeness (QED) is 0.412. The van der Waals surface area contributed by atoms with E-state index < -0.39 is 5.97 Å². The van der Waals surface area contributed by atoms with Crippen molar-refractivity contribution in [2.24, 2.45) is 0 Å². The molecular weight excluding hydrogens is 246 g/mol. The molecule has 0 radical (unpaired) electrons. The summed E-state index contributed by atoms with van der Waals surface area (Å²) in [6.07, 6.45) is 5.05. The highest BCUT2D eigenvalue weighted by molar-refractivity contribution is 5.99. The summed E-state index contributed by atoms with van der Waals surface area (Å²) in [7, 11) is 1.63. The summed E-state index contributed by atoms with van der Waals surface area (Å²) in [6.45, 7) is 3.71. The third-order valence-electron chi connectivity index (χ3n) is 3.10. The van der Waals surface area contributed by atoms with Crippen molar-refractivity contribution in [3.05, 3.63) is 23.8 Å². The van der Waals surface area contributed by atoms with Crippen molar-refractivity contribution in [1.82, 2.24) is 4.90 Å². The zero-order valence-electron chi connectivity index (χ0n) is 11.2. The monoisotopic (exact) mass is 265 g/mol. The molecule has 0 unspecified atom stereocenters. The Morgan fingerprint density at radius 1 is 1.37 bits per heavy atom. The molecule has 1 aliphatic carbocycles. The Hall–Kier alpha value is -1.91. The van der Waals surface area contributed by atoms with Gasteiger partial charge in [-0.15, -0.1) is 0 Å². The number of hydrogen-bond donors (Lipinski definition) is 0. The lowest BCUT2D eigenvalue weighted by atomic mass is 9.91. The fourth-order valence-corrected chi connectivity index (χ4v) is 1.98. The normalized spacial score (nSPS) is 14.8. The van der Waals surface area contributed by atoms with Crippen LogP contribution in [0.2, 0.25) is 0 Å². The summed E-state index contributed by atoms with van der Waals surface area (Å²) in [6, 6.07) is 0. The number of rotatable bonds is 6. The average Bonchev–Trinajstić information content (AvgIpc) is 2.45. The number of nitrogens with zero attached hydrogens (tertiary/aromatic N) is 1. The van der Waals surface area contributed by atoms with E-state index in [9.17, 15) is 14.4 Å².